The molecule has 0 unspecified atom stereocenters. The van der Waals surface area contributed by atoms with Crippen molar-refractivity contribution in [1.29, 1.82) is 0 Å². The highest BCUT2D eigenvalue weighted by Gasteiger charge is 2.21. The van der Waals surface area contributed by atoms with Gasteiger partial charge in [0.2, 0.25) is 0 Å². The predicted octanol–water partition coefficient (Wildman–Crippen LogP) is 3.71. The normalized spacial score (nSPS) is 16.0. The zero-order chi connectivity index (χ0) is 18.7. The van der Waals surface area contributed by atoms with Crippen molar-refractivity contribution < 1.29 is 4.79 Å². The summed E-state index contributed by atoms with van der Waals surface area (Å²) in [5.41, 5.74) is 3.83. The van der Waals surface area contributed by atoms with E-state index in [0.717, 1.165) is 36.0 Å². The van der Waals surface area contributed by atoms with Crippen molar-refractivity contribution in [3.63, 3.8) is 0 Å². The zero-order valence-electron chi connectivity index (χ0n) is 16.1. The Balaban J connectivity index is 1.66. The van der Waals surface area contributed by atoms with Gasteiger partial charge in [0, 0.05) is 36.9 Å². The molecule has 3 heterocycles. The van der Waals surface area contributed by atoms with E-state index in [1.54, 1.807) is 18.1 Å². The summed E-state index contributed by atoms with van der Waals surface area (Å²) in [6, 6.07) is 5.93. The van der Waals surface area contributed by atoms with Crippen LogP contribution in [0, 0.1) is 19.8 Å². The molecule has 5 nitrogen and oxygen atoms in total. The SMILES string of the molecule is Cc1cccnc1CNC(=O)c1cc(SN2CCC(C)CC2)c(C)n1C. The summed E-state index contributed by atoms with van der Waals surface area (Å²) >= 11 is 1.78. The molecule has 140 valence electrons. The number of rotatable bonds is 5. The lowest BCUT2D eigenvalue weighted by atomic mass is 10.0. The predicted molar refractivity (Wildman–Crippen MR) is 106 cm³/mol. The number of pyridine rings is 1. The number of carbonyl (C=O) groups excluding carboxylic acids is 1. The van der Waals surface area contributed by atoms with E-state index in [1.165, 1.54) is 17.7 Å². The molecule has 2 aromatic heterocycles. The average molecular weight is 373 g/mol. The van der Waals surface area contributed by atoms with Crippen LogP contribution in [0.1, 0.15) is 47.2 Å². The molecule has 1 saturated heterocycles. The fourth-order valence-corrected chi connectivity index (χ4v) is 4.26. The number of piperidine rings is 1. The van der Waals surface area contributed by atoms with Gasteiger partial charge in [0.05, 0.1) is 12.2 Å². The molecule has 0 radical (unpaired) electrons. The number of aryl methyl sites for hydroxylation is 1. The molecule has 0 spiro atoms. The van der Waals surface area contributed by atoms with Gasteiger partial charge < -0.3 is 9.88 Å². The maximum Gasteiger partial charge on any atom is 0.268 e. The van der Waals surface area contributed by atoms with E-state index >= 15 is 0 Å². The third kappa shape index (κ3) is 4.30. The molecule has 2 aromatic rings. The molecule has 1 aliphatic rings. The van der Waals surface area contributed by atoms with Crippen molar-refractivity contribution in [1.82, 2.24) is 19.2 Å². The van der Waals surface area contributed by atoms with Crippen LogP contribution in [0.15, 0.2) is 29.3 Å². The zero-order valence-corrected chi connectivity index (χ0v) is 16.9. The first-order valence-corrected chi connectivity index (χ1v) is 10.0. The van der Waals surface area contributed by atoms with Crippen molar-refractivity contribution in [2.75, 3.05) is 13.1 Å². The highest BCUT2D eigenvalue weighted by Crippen LogP contribution is 2.31. The van der Waals surface area contributed by atoms with E-state index in [4.69, 9.17) is 0 Å². The van der Waals surface area contributed by atoms with Gasteiger partial charge in [-0.1, -0.05) is 13.0 Å². The number of aromatic nitrogens is 2. The Morgan fingerprint density at radius 1 is 1.35 bits per heavy atom. The van der Waals surface area contributed by atoms with Gasteiger partial charge in [-0.15, -0.1) is 0 Å². The van der Waals surface area contributed by atoms with Gasteiger partial charge in [-0.3, -0.25) is 9.78 Å². The minimum atomic E-state index is -0.0558. The topological polar surface area (TPSA) is 50.2 Å². The molecule has 0 atom stereocenters. The third-order valence-electron chi connectivity index (χ3n) is 5.23. The molecule has 0 bridgehead atoms. The molecule has 6 heteroatoms. The van der Waals surface area contributed by atoms with Crippen LogP contribution in [0.25, 0.3) is 0 Å². The standard InChI is InChI=1S/C20H28N4OS/c1-14-7-10-24(11-8-14)26-19-12-18(23(4)16(19)3)20(25)22-13-17-15(2)6-5-9-21-17/h5-6,9,12,14H,7-8,10-11,13H2,1-4H3,(H,22,25). The lowest BCUT2D eigenvalue weighted by Crippen LogP contribution is -2.27. The van der Waals surface area contributed by atoms with Gasteiger partial charge in [-0.25, -0.2) is 4.31 Å². The molecular weight excluding hydrogens is 344 g/mol. The molecule has 1 fully saturated rings. The molecule has 26 heavy (non-hydrogen) atoms. The van der Waals surface area contributed by atoms with Gasteiger partial charge in [0.25, 0.3) is 5.91 Å². The van der Waals surface area contributed by atoms with Gasteiger partial charge >= 0.3 is 0 Å². The first-order chi connectivity index (χ1) is 12.5. The second kappa shape index (κ2) is 8.27. The van der Waals surface area contributed by atoms with E-state index < -0.39 is 0 Å². The van der Waals surface area contributed by atoms with Gasteiger partial charge in [-0.05, 0) is 62.3 Å². The molecule has 0 saturated carbocycles. The highest BCUT2D eigenvalue weighted by atomic mass is 32.2. The molecule has 0 aromatic carbocycles. The molecule has 1 aliphatic heterocycles. The number of nitrogens with zero attached hydrogens (tertiary/aromatic N) is 3. The van der Waals surface area contributed by atoms with E-state index in [0.29, 0.717) is 12.2 Å². The minimum absolute atomic E-state index is 0.0558. The second-order valence-electron chi connectivity index (χ2n) is 7.19. The van der Waals surface area contributed by atoms with Gasteiger partial charge in [0.15, 0.2) is 0 Å². The molecule has 0 aliphatic carbocycles. The number of hydrogen-bond acceptors (Lipinski definition) is 4. The van der Waals surface area contributed by atoms with Crippen LogP contribution in [0.3, 0.4) is 0 Å². The Kier molecular flexibility index (Phi) is 6.04. The highest BCUT2D eigenvalue weighted by molar-refractivity contribution is 7.97. The Morgan fingerprint density at radius 3 is 2.77 bits per heavy atom. The smallest absolute Gasteiger partial charge is 0.268 e. The monoisotopic (exact) mass is 372 g/mol. The van der Waals surface area contributed by atoms with Crippen molar-refractivity contribution >= 4 is 17.9 Å². The lowest BCUT2D eigenvalue weighted by Gasteiger charge is -2.28. The molecular formula is C20H28N4OS. The van der Waals surface area contributed by atoms with Crippen LogP contribution in [0.2, 0.25) is 0 Å². The summed E-state index contributed by atoms with van der Waals surface area (Å²) in [6.45, 7) is 9.08. The van der Waals surface area contributed by atoms with Crippen molar-refractivity contribution in [3.05, 3.63) is 47.0 Å². The fourth-order valence-electron chi connectivity index (χ4n) is 3.15. The third-order valence-corrected chi connectivity index (χ3v) is 6.46. The largest absolute Gasteiger partial charge is 0.345 e. The molecule has 1 N–H and O–H groups in total. The van der Waals surface area contributed by atoms with Crippen LogP contribution >= 0.6 is 11.9 Å². The maximum atomic E-state index is 12.7. The number of amides is 1. The average Bonchev–Trinajstić information content (AvgIpc) is 2.91. The Hall–Kier alpha value is -1.79. The Bertz CT molecular complexity index is 778. The fraction of sp³-hybridized carbons (Fsp3) is 0.500. The summed E-state index contributed by atoms with van der Waals surface area (Å²) < 4.78 is 4.40. The summed E-state index contributed by atoms with van der Waals surface area (Å²) in [6.07, 6.45) is 4.25. The lowest BCUT2D eigenvalue weighted by molar-refractivity contribution is 0.0942. The summed E-state index contributed by atoms with van der Waals surface area (Å²) in [4.78, 5) is 18.2. The van der Waals surface area contributed by atoms with Crippen molar-refractivity contribution in [2.24, 2.45) is 13.0 Å². The van der Waals surface area contributed by atoms with Crippen molar-refractivity contribution in [2.45, 2.75) is 45.1 Å². The van der Waals surface area contributed by atoms with Crippen LogP contribution in [0.5, 0.6) is 0 Å². The van der Waals surface area contributed by atoms with E-state index in [1.807, 2.05) is 36.7 Å². The maximum absolute atomic E-state index is 12.7. The number of hydrogen-bond donors (Lipinski definition) is 1. The van der Waals surface area contributed by atoms with E-state index in [2.05, 4.69) is 28.5 Å². The number of nitrogens with one attached hydrogen (secondary N) is 1. The minimum Gasteiger partial charge on any atom is -0.345 e. The van der Waals surface area contributed by atoms with Gasteiger partial charge in [0.1, 0.15) is 5.69 Å². The number of carbonyl (C=O) groups is 1. The first kappa shape index (κ1) is 19.0. The molecule has 1 amide bonds. The Labute approximate surface area is 160 Å². The van der Waals surface area contributed by atoms with Crippen LogP contribution in [0.4, 0.5) is 0 Å². The second-order valence-corrected chi connectivity index (χ2v) is 8.33. The summed E-state index contributed by atoms with van der Waals surface area (Å²) in [5.74, 6) is 0.764. The van der Waals surface area contributed by atoms with Crippen LogP contribution in [-0.4, -0.2) is 32.9 Å². The van der Waals surface area contributed by atoms with E-state index in [-0.39, 0.29) is 5.91 Å². The van der Waals surface area contributed by atoms with E-state index in [9.17, 15) is 4.79 Å². The van der Waals surface area contributed by atoms with Crippen molar-refractivity contribution in [3.8, 4) is 0 Å². The summed E-state index contributed by atoms with van der Waals surface area (Å²) in [7, 11) is 1.96. The first-order valence-electron chi connectivity index (χ1n) is 9.23. The Morgan fingerprint density at radius 2 is 2.08 bits per heavy atom. The van der Waals surface area contributed by atoms with Gasteiger partial charge in [-0.2, -0.15) is 0 Å². The van der Waals surface area contributed by atoms with Crippen LogP contribution in [-0.2, 0) is 13.6 Å². The molecule has 3 rings (SSSR count). The summed E-state index contributed by atoms with van der Waals surface area (Å²) in [5, 5.41) is 3.00. The quantitative estimate of drug-likeness (QED) is 0.813. The van der Waals surface area contributed by atoms with Crippen LogP contribution < -0.4 is 5.32 Å².